The van der Waals surface area contributed by atoms with Gasteiger partial charge in [0.1, 0.15) is 6.04 Å². The number of aliphatic hydroxyl groups is 1. The lowest BCUT2D eigenvalue weighted by atomic mass is 9.96. The summed E-state index contributed by atoms with van der Waals surface area (Å²) in [6, 6.07) is 7.36. The fourth-order valence-corrected chi connectivity index (χ4v) is 2.47. The number of carbonyl (C=O) groups is 1. The number of carbonyl (C=O) groups excluding carboxylic acids is 1. The van der Waals surface area contributed by atoms with E-state index in [0.29, 0.717) is 19.4 Å². The molecule has 2 rings (SSSR count). The molecule has 0 spiro atoms. The number of rotatable bonds is 3. The number of nitrogens with two attached hydrogens (primary N) is 1. The van der Waals surface area contributed by atoms with Crippen LogP contribution in [0.2, 0.25) is 0 Å². The normalized spacial score (nSPS) is 20.8. The molecular weight excluding hydrogens is 216 g/mol. The van der Waals surface area contributed by atoms with Gasteiger partial charge in [-0.25, -0.2) is 0 Å². The summed E-state index contributed by atoms with van der Waals surface area (Å²) in [6.07, 6.45) is 0.883. The van der Waals surface area contributed by atoms with Crippen LogP contribution in [0, 0.1) is 0 Å². The molecule has 0 radical (unpaired) electrons. The highest BCUT2D eigenvalue weighted by atomic mass is 16.3. The second-order valence-electron chi connectivity index (χ2n) is 4.38. The number of benzene rings is 1. The number of primary amides is 1. The molecule has 1 aliphatic heterocycles. The van der Waals surface area contributed by atoms with Crippen LogP contribution in [-0.2, 0) is 4.79 Å². The predicted molar refractivity (Wildman–Crippen MR) is 66.6 cm³/mol. The zero-order chi connectivity index (χ0) is 12.4. The molecular formula is C13H18N2O2. The molecule has 1 aromatic rings. The van der Waals surface area contributed by atoms with Crippen molar-refractivity contribution in [2.45, 2.75) is 31.9 Å². The number of para-hydroxylation sites is 1. The van der Waals surface area contributed by atoms with Crippen molar-refractivity contribution in [1.29, 1.82) is 0 Å². The van der Waals surface area contributed by atoms with Gasteiger partial charge in [0.15, 0.2) is 0 Å². The Morgan fingerprint density at radius 3 is 2.94 bits per heavy atom. The number of amides is 1. The van der Waals surface area contributed by atoms with E-state index in [0.717, 1.165) is 11.3 Å². The van der Waals surface area contributed by atoms with Crippen LogP contribution in [0.1, 0.15) is 31.4 Å². The van der Waals surface area contributed by atoms with Crippen molar-refractivity contribution in [1.82, 2.24) is 0 Å². The van der Waals surface area contributed by atoms with Crippen molar-refractivity contribution >= 4 is 11.6 Å². The van der Waals surface area contributed by atoms with E-state index in [1.54, 1.807) is 0 Å². The highest BCUT2D eigenvalue weighted by molar-refractivity contribution is 5.84. The van der Waals surface area contributed by atoms with Crippen molar-refractivity contribution < 1.29 is 9.90 Å². The van der Waals surface area contributed by atoms with Crippen LogP contribution < -0.4 is 10.6 Å². The quantitative estimate of drug-likeness (QED) is 0.825. The fraction of sp³-hybridized carbons (Fsp3) is 0.462. The average Bonchev–Trinajstić information content (AvgIpc) is 2.33. The van der Waals surface area contributed by atoms with E-state index in [2.05, 4.69) is 0 Å². The SMILES string of the molecule is CCC(C(N)=O)N1CCC(O)c2ccccc21. The third kappa shape index (κ3) is 2.13. The van der Waals surface area contributed by atoms with Crippen molar-refractivity contribution in [3.63, 3.8) is 0 Å². The summed E-state index contributed by atoms with van der Waals surface area (Å²) in [6.45, 7) is 2.61. The van der Waals surface area contributed by atoms with Crippen LogP contribution in [0.3, 0.4) is 0 Å². The van der Waals surface area contributed by atoms with Gasteiger partial charge in [0.25, 0.3) is 0 Å². The zero-order valence-corrected chi connectivity index (χ0v) is 9.97. The molecule has 2 atom stereocenters. The Bertz CT molecular complexity index is 420. The van der Waals surface area contributed by atoms with Gasteiger partial charge in [-0.2, -0.15) is 0 Å². The van der Waals surface area contributed by atoms with Crippen molar-refractivity contribution in [2.75, 3.05) is 11.4 Å². The van der Waals surface area contributed by atoms with E-state index in [1.165, 1.54) is 0 Å². The van der Waals surface area contributed by atoms with Gasteiger partial charge in [-0.05, 0) is 18.9 Å². The summed E-state index contributed by atoms with van der Waals surface area (Å²) in [4.78, 5) is 13.4. The first-order valence-electron chi connectivity index (χ1n) is 5.98. The van der Waals surface area contributed by atoms with Crippen LogP contribution in [0.4, 0.5) is 5.69 Å². The van der Waals surface area contributed by atoms with Gasteiger partial charge in [-0.1, -0.05) is 25.1 Å². The first-order chi connectivity index (χ1) is 8.15. The van der Waals surface area contributed by atoms with E-state index in [4.69, 9.17) is 5.73 Å². The molecule has 1 amide bonds. The molecule has 4 heteroatoms. The Morgan fingerprint density at radius 2 is 2.29 bits per heavy atom. The van der Waals surface area contributed by atoms with Gasteiger partial charge in [0, 0.05) is 17.8 Å². The molecule has 1 aromatic carbocycles. The van der Waals surface area contributed by atoms with E-state index < -0.39 is 6.10 Å². The van der Waals surface area contributed by atoms with E-state index in [9.17, 15) is 9.90 Å². The maximum atomic E-state index is 11.4. The van der Waals surface area contributed by atoms with Crippen LogP contribution >= 0.6 is 0 Å². The molecule has 92 valence electrons. The maximum absolute atomic E-state index is 11.4. The van der Waals surface area contributed by atoms with E-state index in [-0.39, 0.29) is 11.9 Å². The largest absolute Gasteiger partial charge is 0.388 e. The first kappa shape index (κ1) is 11.9. The van der Waals surface area contributed by atoms with E-state index >= 15 is 0 Å². The molecule has 0 fully saturated rings. The van der Waals surface area contributed by atoms with Crippen LogP contribution in [-0.4, -0.2) is 23.6 Å². The first-order valence-corrected chi connectivity index (χ1v) is 5.98. The molecule has 0 bridgehead atoms. The van der Waals surface area contributed by atoms with Crippen LogP contribution in [0.15, 0.2) is 24.3 Å². The fourth-order valence-electron chi connectivity index (χ4n) is 2.47. The summed E-state index contributed by atoms with van der Waals surface area (Å²) in [5, 5.41) is 9.93. The van der Waals surface area contributed by atoms with Crippen molar-refractivity contribution in [3.8, 4) is 0 Å². The Balaban J connectivity index is 2.38. The highest BCUT2D eigenvalue weighted by Crippen LogP contribution is 2.34. The molecule has 0 saturated carbocycles. The molecule has 2 unspecified atom stereocenters. The zero-order valence-electron chi connectivity index (χ0n) is 9.97. The molecule has 1 heterocycles. The van der Waals surface area contributed by atoms with Crippen LogP contribution in [0.5, 0.6) is 0 Å². The van der Waals surface area contributed by atoms with Gasteiger partial charge < -0.3 is 15.7 Å². The predicted octanol–water partition coefficient (Wildman–Crippen LogP) is 1.19. The summed E-state index contributed by atoms with van der Waals surface area (Å²) in [7, 11) is 0. The molecule has 3 N–H and O–H groups in total. The standard InChI is InChI=1S/C13H18N2O2/c1-2-10(13(14)17)15-8-7-12(16)9-5-3-4-6-11(9)15/h3-6,10,12,16H,2,7-8H2,1H3,(H2,14,17). The van der Waals surface area contributed by atoms with Crippen molar-refractivity contribution in [2.24, 2.45) is 5.73 Å². The minimum atomic E-state index is -0.437. The molecule has 4 nitrogen and oxygen atoms in total. The molecule has 1 aliphatic rings. The van der Waals surface area contributed by atoms with E-state index in [1.807, 2.05) is 36.1 Å². The molecule has 0 aliphatic carbocycles. The summed E-state index contributed by atoms with van der Waals surface area (Å²) in [5.74, 6) is -0.307. The second-order valence-corrected chi connectivity index (χ2v) is 4.38. The van der Waals surface area contributed by atoms with Gasteiger partial charge in [0.2, 0.25) is 5.91 Å². The number of nitrogens with zero attached hydrogens (tertiary/aromatic N) is 1. The topological polar surface area (TPSA) is 66.6 Å². The number of hydrogen-bond donors (Lipinski definition) is 2. The van der Waals surface area contributed by atoms with Gasteiger partial charge in [-0.15, -0.1) is 0 Å². The minimum Gasteiger partial charge on any atom is -0.388 e. The molecule has 0 saturated heterocycles. The van der Waals surface area contributed by atoms with Gasteiger partial charge in [0.05, 0.1) is 6.10 Å². The monoisotopic (exact) mass is 234 g/mol. The summed E-state index contributed by atoms with van der Waals surface area (Å²) < 4.78 is 0. The lowest BCUT2D eigenvalue weighted by Gasteiger charge is -2.37. The maximum Gasteiger partial charge on any atom is 0.240 e. The molecule has 17 heavy (non-hydrogen) atoms. The average molecular weight is 234 g/mol. The Hall–Kier alpha value is -1.55. The number of anilines is 1. The lowest BCUT2D eigenvalue weighted by molar-refractivity contribution is -0.119. The third-order valence-corrected chi connectivity index (χ3v) is 3.34. The van der Waals surface area contributed by atoms with Gasteiger partial charge in [-0.3, -0.25) is 4.79 Å². The third-order valence-electron chi connectivity index (χ3n) is 3.34. The van der Waals surface area contributed by atoms with Gasteiger partial charge >= 0.3 is 0 Å². The van der Waals surface area contributed by atoms with Crippen LogP contribution in [0.25, 0.3) is 0 Å². The molecule has 0 aromatic heterocycles. The summed E-state index contributed by atoms with van der Waals surface area (Å²) >= 11 is 0. The minimum absolute atomic E-state index is 0.288. The summed E-state index contributed by atoms with van der Waals surface area (Å²) in [5.41, 5.74) is 7.24. The Kier molecular flexibility index (Phi) is 3.33. The number of aliphatic hydroxyl groups excluding tert-OH is 1. The number of fused-ring (bicyclic) bond motifs is 1. The smallest absolute Gasteiger partial charge is 0.240 e. The second kappa shape index (κ2) is 4.75. The Labute approximate surface area is 101 Å². The van der Waals surface area contributed by atoms with Crippen molar-refractivity contribution in [3.05, 3.63) is 29.8 Å². The lowest BCUT2D eigenvalue weighted by Crippen LogP contribution is -2.47. The Morgan fingerprint density at radius 1 is 1.59 bits per heavy atom. The number of hydrogen-bond acceptors (Lipinski definition) is 3. The highest BCUT2D eigenvalue weighted by Gasteiger charge is 2.29.